The number of benzene rings is 1. The van der Waals surface area contributed by atoms with E-state index in [0.717, 1.165) is 11.3 Å². The van der Waals surface area contributed by atoms with Gasteiger partial charge in [0.2, 0.25) is 0 Å². The Morgan fingerprint density at radius 3 is 2.58 bits per heavy atom. The van der Waals surface area contributed by atoms with E-state index in [-0.39, 0.29) is 24.9 Å². The Morgan fingerprint density at radius 2 is 1.96 bits per heavy atom. The van der Waals surface area contributed by atoms with Crippen LogP contribution in [0.25, 0.3) is 0 Å². The third-order valence-corrected chi connectivity index (χ3v) is 4.12. The molecule has 5 nitrogen and oxygen atoms in total. The topological polar surface area (TPSA) is 77.5 Å². The summed E-state index contributed by atoms with van der Waals surface area (Å²) in [6, 6.07) is 9.37. The Bertz CT molecular complexity index is 649. The maximum Gasteiger partial charge on any atom is 0.258 e. The van der Waals surface area contributed by atoms with Gasteiger partial charge in [-0.25, -0.2) is 0 Å². The molecule has 1 heterocycles. The zero-order valence-corrected chi connectivity index (χ0v) is 14.3. The Hall–Kier alpha value is -1.82. The van der Waals surface area contributed by atoms with E-state index in [1.807, 2.05) is 24.3 Å². The fourth-order valence-corrected chi connectivity index (χ4v) is 2.76. The van der Waals surface area contributed by atoms with E-state index < -0.39 is 0 Å². The van der Waals surface area contributed by atoms with Gasteiger partial charge in [0.25, 0.3) is 5.91 Å². The number of nitrogens with two attached hydrogens (primary N) is 1. The Labute approximate surface area is 148 Å². The second kappa shape index (κ2) is 8.87. The molecule has 1 amide bonds. The number of amides is 1. The van der Waals surface area contributed by atoms with Crippen LogP contribution in [-0.2, 0) is 17.9 Å². The zero-order chi connectivity index (χ0) is 16.1. The standard InChI is InChI=1S/C18H22N2O3.ClH/c19-10-17-9-14(12-23-17)18(21)20-15-7-5-13(6-8-15)11-22-16-3-1-2-4-16;/h5-9,12,16H,1-4,10-11,19H2,(H,20,21);1H. The Kier molecular flexibility index (Phi) is 6.85. The minimum Gasteiger partial charge on any atom is -0.467 e. The van der Waals surface area contributed by atoms with Gasteiger partial charge in [0.05, 0.1) is 24.8 Å². The van der Waals surface area contributed by atoms with Gasteiger partial charge in [-0.2, -0.15) is 0 Å². The molecular weight excluding hydrogens is 328 g/mol. The Balaban J connectivity index is 0.00000208. The van der Waals surface area contributed by atoms with Crippen molar-refractivity contribution in [1.29, 1.82) is 0 Å². The summed E-state index contributed by atoms with van der Waals surface area (Å²) >= 11 is 0. The quantitative estimate of drug-likeness (QED) is 0.829. The molecule has 3 rings (SSSR count). The first kappa shape index (κ1) is 18.5. The van der Waals surface area contributed by atoms with Crippen LogP contribution >= 0.6 is 12.4 Å². The van der Waals surface area contributed by atoms with Gasteiger partial charge in [-0.15, -0.1) is 12.4 Å². The van der Waals surface area contributed by atoms with E-state index in [9.17, 15) is 4.79 Å². The van der Waals surface area contributed by atoms with Crippen LogP contribution in [-0.4, -0.2) is 12.0 Å². The predicted molar refractivity (Wildman–Crippen MR) is 95.3 cm³/mol. The highest BCUT2D eigenvalue weighted by atomic mass is 35.5. The minimum absolute atomic E-state index is 0. The third-order valence-electron chi connectivity index (χ3n) is 4.12. The number of carbonyl (C=O) groups is 1. The lowest BCUT2D eigenvalue weighted by Crippen LogP contribution is -2.11. The van der Waals surface area contributed by atoms with Crippen LogP contribution in [0.5, 0.6) is 0 Å². The second-order valence-electron chi connectivity index (χ2n) is 5.87. The summed E-state index contributed by atoms with van der Waals surface area (Å²) in [4.78, 5) is 12.1. The number of ether oxygens (including phenoxy) is 1. The second-order valence-corrected chi connectivity index (χ2v) is 5.87. The smallest absolute Gasteiger partial charge is 0.258 e. The maximum atomic E-state index is 12.1. The molecule has 0 unspecified atom stereocenters. The van der Waals surface area contributed by atoms with Crippen molar-refractivity contribution in [2.24, 2.45) is 5.73 Å². The molecule has 1 aromatic carbocycles. The van der Waals surface area contributed by atoms with Crippen molar-refractivity contribution >= 4 is 24.0 Å². The van der Waals surface area contributed by atoms with Gasteiger partial charge in [0.15, 0.2) is 0 Å². The van der Waals surface area contributed by atoms with Crippen LogP contribution in [0, 0.1) is 0 Å². The first-order chi connectivity index (χ1) is 11.2. The minimum atomic E-state index is -0.205. The van der Waals surface area contributed by atoms with E-state index in [2.05, 4.69) is 5.32 Å². The van der Waals surface area contributed by atoms with Crippen LogP contribution < -0.4 is 11.1 Å². The average molecular weight is 351 g/mol. The fourth-order valence-electron chi connectivity index (χ4n) is 2.76. The largest absolute Gasteiger partial charge is 0.467 e. The van der Waals surface area contributed by atoms with E-state index in [1.54, 1.807) is 6.07 Å². The van der Waals surface area contributed by atoms with Crippen molar-refractivity contribution in [2.75, 3.05) is 5.32 Å². The number of hydrogen-bond acceptors (Lipinski definition) is 4. The normalized spacial score (nSPS) is 14.4. The number of halogens is 1. The van der Waals surface area contributed by atoms with Crippen molar-refractivity contribution in [3.8, 4) is 0 Å². The molecule has 1 saturated carbocycles. The summed E-state index contributed by atoms with van der Waals surface area (Å²) < 4.78 is 11.1. The SMILES string of the molecule is Cl.NCc1cc(C(=O)Nc2ccc(COC3CCCC3)cc2)co1. The van der Waals surface area contributed by atoms with Crippen LogP contribution in [0.4, 0.5) is 5.69 Å². The van der Waals surface area contributed by atoms with Crippen molar-refractivity contribution in [2.45, 2.75) is 44.9 Å². The van der Waals surface area contributed by atoms with Gasteiger partial charge in [0.1, 0.15) is 12.0 Å². The molecule has 0 spiro atoms. The van der Waals surface area contributed by atoms with Crippen LogP contribution in [0.1, 0.15) is 47.4 Å². The van der Waals surface area contributed by atoms with E-state index in [0.29, 0.717) is 24.0 Å². The average Bonchev–Trinajstić information content (AvgIpc) is 3.25. The molecule has 3 N–H and O–H groups in total. The van der Waals surface area contributed by atoms with E-state index in [4.69, 9.17) is 14.9 Å². The number of anilines is 1. The fraction of sp³-hybridized carbons (Fsp3) is 0.389. The van der Waals surface area contributed by atoms with Crippen molar-refractivity contribution in [3.05, 3.63) is 53.5 Å². The maximum absolute atomic E-state index is 12.1. The number of rotatable bonds is 6. The molecule has 0 radical (unpaired) electrons. The first-order valence-corrected chi connectivity index (χ1v) is 8.04. The highest BCUT2D eigenvalue weighted by molar-refractivity contribution is 6.04. The molecule has 1 aliphatic carbocycles. The van der Waals surface area contributed by atoms with Crippen molar-refractivity contribution in [1.82, 2.24) is 0 Å². The summed E-state index contributed by atoms with van der Waals surface area (Å²) in [5.74, 6) is 0.387. The monoisotopic (exact) mass is 350 g/mol. The number of nitrogens with one attached hydrogen (secondary N) is 1. The lowest BCUT2D eigenvalue weighted by molar-refractivity contribution is 0.0457. The van der Waals surface area contributed by atoms with E-state index >= 15 is 0 Å². The summed E-state index contributed by atoms with van der Waals surface area (Å²) in [5, 5.41) is 2.84. The molecule has 2 aromatic rings. The van der Waals surface area contributed by atoms with E-state index in [1.165, 1.54) is 31.9 Å². The summed E-state index contributed by atoms with van der Waals surface area (Å²) in [6.07, 6.45) is 6.71. The van der Waals surface area contributed by atoms with Crippen LogP contribution in [0.2, 0.25) is 0 Å². The van der Waals surface area contributed by atoms with Gasteiger partial charge in [-0.3, -0.25) is 4.79 Å². The molecule has 0 aliphatic heterocycles. The highest BCUT2D eigenvalue weighted by Gasteiger charge is 2.15. The van der Waals surface area contributed by atoms with Gasteiger partial charge in [-0.05, 0) is 36.6 Å². The molecule has 1 fully saturated rings. The number of furan rings is 1. The summed E-state index contributed by atoms with van der Waals surface area (Å²) in [5.41, 5.74) is 7.80. The van der Waals surface area contributed by atoms with Gasteiger partial charge in [-0.1, -0.05) is 25.0 Å². The number of carbonyl (C=O) groups excluding carboxylic acids is 1. The molecule has 1 aromatic heterocycles. The Morgan fingerprint density at radius 1 is 1.25 bits per heavy atom. The molecule has 24 heavy (non-hydrogen) atoms. The predicted octanol–water partition coefficient (Wildman–Crippen LogP) is 3.87. The molecule has 6 heteroatoms. The molecule has 0 atom stereocenters. The number of hydrogen-bond donors (Lipinski definition) is 2. The van der Waals surface area contributed by atoms with Crippen molar-refractivity contribution < 1.29 is 13.9 Å². The molecule has 0 saturated heterocycles. The summed E-state index contributed by atoms with van der Waals surface area (Å²) in [7, 11) is 0. The van der Waals surface area contributed by atoms with Gasteiger partial charge < -0.3 is 20.2 Å². The lowest BCUT2D eigenvalue weighted by Gasteiger charge is -2.11. The molecular formula is C18H23ClN2O3. The molecule has 0 bridgehead atoms. The molecule has 130 valence electrons. The highest BCUT2D eigenvalue weighted by Crippen LogP contribution is 2.22. The lowest BCUT2D eigenvalue weighted by atomic mass is 10.2. The van der Waals surface area contributed by atoms with Gasteiger partial charge in [0, 0.05) is 5.69 Å². The van der Waals surface area contributed by atoms with Crippen LogP contribution in [0.15, 0.2) is 41.0 Å². The summed E-state index contributed by atoms with van der Waals surface area (Å²) in [6.45, 7) is 0.906. The first-order valence-electron chi connectivity index (χ1n) is 8.04. The third kappa shape index (κ3) is 4.84. The molecule has 1 aliphatic rings. The zero-order valence-electron chi connectivity index (χ0n) is 13.5. The van der Waals surface area contributed by atoms with Crippen LogP contribution in [0.3, 0.4) is 0 Å². The van der Waals surface area contributed by atoms with Gasteiger partial charge >= 0.3 is 0 Å². The van der Waals surface area contributed by atoms with Crippen molar-refractivity contribution in [3.63, 3.8) is 0 Å².